The number of carbonyl (C=O) groups is 2. The van der Waals surface area contributed by atoms with Gasteiger partial charge in [0.1, 0.15) is 0 Å². The fourth-order valence-corrected chi connectivity index (χ4v) is 5.55. The van der Waals surface area contributed by atoms with Crippen LogP contribution >= 0.6 is 0 Å². The lowest BCUT2D eigenvalue weighted by molar-refractivity contribution is -0.148. The first-order valence-electron chi connectivity index (χ1n) is 10.3. The smallest absolute Gasteiger partial charge is 0.222 e. The molecule has 1 aromatic heterocycles. The van der Waals surface area contributed by atoms with E-state index in [9.17, 15) is 9.59 Å². The van der Waals surface area contributed by atoms with Crippen LogP contribution in [0, 0.1) is 11.8 Å². The predicted octanol–water partition coefficient (Wildman–Crippen LogP) is 2.96. The van der Waals surface area contributed by atoms with Crippen molar-refractivity contribution in [1.29, 1.82) is 0 Å². The molecule has 27 heavy (non-hydrogen) atoms. The van der Waals surface area contributed by atoms with Gasteiger partial charge in [0.2, 0.25) is 11.8 Å². The van der Waals surface area contributed by atoms with Gasteiger partial charge in [-0.25, -0.2) is 0 Å². The van der Waals surface area contributed by atoms with Crippen molar-refractivity contribution in [2.45, 2.75) is 44.6 Å². The molecule has 1 aromatic carbocycles. The van der Waals surface area contributed by atoms with Gasteiger partial charge in [-0.1, -0.05) is 18.2 Å². The van der Waals surface area contributed by atoms with Crippen LogP contribution in [-0.2, 0) is 16.0 Å². The summed E-state index contributed by atoms with van der Waals surface area (Å²) in [4.78, 5) is 32.7. The van der Waals surface area contributed by atoms with Crippen molar-refractivity contribution in [1.82, 2.24) is 14.8 Å². The van der Waals surface area contributed by atoms with E-state index in [0.29, 0.717) is 36.6 Å². The van der Waals surface area contributed by atoms with Crippen LogP contribution in [0.2, 0.25) is 0 Å². The Morgan fingerprint density at radius 1 is 1.19 bits per heavy atom. The second-order valence-corrected chi connectivity index (χ2v) is 8.53. The number of amides is 2. The van der Waals surface area contributed by atoms with E-state index in [2.05, 4.69) is 26.9 Å². The van der Waals surface area contributed by atoms with Crippen molar-refractivity contribution in [3.8, 4) is 0 Å². The summed E-state index contributed by atoms with van der Waals surface area (Å²) >= 11 is 0. The number of piperidine rings is 3. The molecule has 2 aromatic rings. The van der Waals surface area contributed by atoms with Crippen LogP contribution in [0.15, 0.2) is 30.5 Å². The van der Waals surface area contributed by atoms with E-state index in [4.69, 9.17) is 0 Å². The first-order chi connectivity index (χ1) is 13.2. The quantitative estimate of drug-likeness (QED) is 0.909. The SMILES string of the molecule is O=C(CCc1c[nH]c2ccccc12)N1C[C@H]2C[C@@H](C1)[C@H]1CCCC(=O)N1C2. The Morgan fingerprint density at radius 3 is 3.00 bits per heavy atom. The molecule has 0 aliphatic carbocycles. The third-order valence-electron chi connectivity index (χ3n) is 6.82. The monoisotopic (exact) mass is 365 g/mol. The van der Waals surface area contributed by atoms with Gasteiger partial charge in [-0.2, -0.15) is 0 Å². The largest absolute Gasteiger partial charge is 0.361 e. The first-order valence-corrected chi connectivity index (χ1v) is 10.3. The number of nitrogens with zero attached hydrogens (tertiary/aromatic N) is 2. The van der Waals surface area contributed by atoms with Gasteiger partial charge in [0.15, 0.2) is 0 Å². The Morgan fingerprint density at radius 2 is 2.07 bits per heavy atom. The number of rotatable bonds is 3. The number of nitrogens with one attached hydrogen (secondary N) is 1. The van der Waals surface area contributed by atoms with Gasteiger partial charge in [0.05, 0.1) is 0 Å². The van der Waals surface area contributed by atoms with Crippen LogP contribution in [0.4, 0.5) is 0 Å². The highest BCUT2D eigenvalue weighted by Gasteiger charge is 2.44. The topological polar surface area (TPSA) is 56.4 Å². The van der Waals surface area contributed by atoms with Crippen molar-refractivity contribution in [3.05, 3.63) is 36.0 Å². The molecule has 142 valence electrons. The number of likely N-dealkylation sites (tertiary alicyclic amines) is 1. The summed E-state index contributed by atoms with van der Waals surface area (Å²) in [6.07, 6.45) is 7.39. The van der Waals surface area contributed by atoms with Crippen molar-refractivity contribution >= 4 is 22.7 Å². The Labute approximate surface area is 159 Å². The van der Waals surface area contributed by atoms with Gasteiger partial charge >= 0.3 is 0 Å². The molecule has 0 unspecified atom stereocenters. The fourth-order valence-electron chi connectivity index (χ4n) is 5.55. The zero-order valence-corrected chi connectivity index (χ0v) is 15.7. The van der Waals surface area contributed by atoms with E-state index in [-0.39, 0.29) is 5.91 Å². The maximum atomic E-state index is 12.9. The number of benzene rings is 1. The number of aryl methyl sites for hydroxylation is 1. The van der Waals surface area contributed by atoms with Crippen LogP contribution in [0.3, 0.4) is 0 Å². The zero-order valence-electron chi connectivity index (χ0n) is 15.7. The Kier molecular flexibility index (Phi) is 4.18. The standard InChI is InChI=1S/C22H27N3O2/c26-21(9-8-16-11-23-19-5-2-1-4-18(16)19)24-12-15-10-17(14-24)20-6-3-7-22(27)25(20)13-15/h1-2,4-5,11,15,17,20,23H,3,6-10,12-14H2/t15-,17+,20-/m1/s1. The van der Waals surface area contributed by atoms with Crippen LogP contribution in [0.1, 0.15) is 37.7 Å². The van der Waals surface area contributed by atoms with E-state index in [1.54, 1.807) is 0 Å². The molecular weight excluding hydrogens is 338 g/mol. The van der Waals surface area contributed by atoms with Crippen molar-refractivity contribution in [2.75, 3.05) is 19.6 Å². The van der Waals surface area contributed by atoms with Gasteiger partial charge in [-0.15, -0.1) is 0 Å². The molecule has 2 amide bonds. The van der Waals surface area contributed by atoms with Gasteiger partial charge in [-0.3, -0.25) is 9.59 Å². The van der Waals surface area contributed by atoms with Crippen molar-refractivity contribution in [2.24, 2.45) is 11.8 Å². The van der Waals surface area contributed by atoms with Gasteiger partial charge < -0.3 is 14.8 Å². The number of para-hydroxylation sites is 1. The maximum Gasteiger partial charge on any atom is 0.222 e. The molecule has 0 saturated carbocycles. The van der Waals surface area contributed by atoms with Crippen LogP contribution in [-0.4, -0.2) is 52.3 Å². The van der Waals surface area contributed by atoms with E-state index in [1.165, 1.54) is 17.4 Å². The number of aromatic nitrogens is 1. The number of carbonyl (C=O) groups excluding carboxylic acids is 2. The third-order valence-corrected chi connectivity index (χ3v) is 6.82. The molecule has 5 nitrogen and oxygen atoms in total. The summed E-state index contributed by atoms with van der Waals surface area (Å²) in [5.41, 5.74) is 2.36. The Bertz CT molecular complexity index is 873. The number of fused-ring (bicyclic) bond motifs is 5. The highest BCUT2D eigenvalue weighted by molar-refractivity contribution is 5.84. The van der Waals surface area contributed by atoms with Gasteiger partial charge in [-0.05, 0) is 49.1 Å². The molecule has 5 rings (SSSR count). The average Bonchev–Trinajstić information content (AvgIpc) is 3.10. The van der Waals surface area contributed by atoms with Gasteiger partial charge in [0, 0.05) is 55.6 Å². The first kappa shape index (κ1) is 16.8. The van der Waals surface area contributed by atoms with E-state index in [1.807, 2.05) is 18.3 Å². The second-order valence-electron chi connectivity index (χ2n) is 8.53. The highest BCUT2D eigenvalue weighted by atomic mass is 16.2. The lowest BCUT2D eigenvalue weighted by atomic mass is 9.76. The maximum absolute atomic E-state index is 12.9. The number of aromatic amines is 1. The van der Waals surface area contributed by atoms with E-state index < -0.39 is 0 Å². The minimum atomic E-state index is 0.269. The van der Waals surface area contributed by atoms with Crippen molar-refractivity contribution in [3.63, 3.8) is 0 Å². The molecule has 3 aliphatic heterocycles. The Hall–Kier alpha value is -2.30. The molecular formula is C22H27N3O2. The summed E-state index contributed by atoms with van der Waals surface area (Å²) < 4.78 is 0. The van der Waals surface area contributed by atoms with Gasteiger partial charge in [0.25, 0.3) is 0 Å². The normalized spacial score (nSPS) is 27.7. The molecule has 3 saturated heterocycles. The summed E-state index contributed by atoms with van der Waals surface area (Å²) in [5.74, 6) is 1.53. The molecule has 1 N–H and O–H groups in total. The summed E-state index contributed by atoms with van der Waals surface area (Å²) in [7, 11) is 0. The second kappa shape index (κ2) is 6.70. The Balaban J connectivity index is 1.24. The zero-order chi connectivity index (χ0) is 18.4. The van der Waals surface area contributed by atoms with E-state index >= 15 is 0 Å². The number of H-pyrrole nitrogens is 1. The molecule has 4 heterocycles. The molecule has 0 radical (unpaired) electrons. The highest BCUT2D eigenvalue weighted by Crippen LogP contribution is 2.38. The fraction of sp³-hybridized carbons (Fsp3) is 0.545. The van der Waals surface area contributed by atoms with Crippen LogP contribution in [0.25, 0.3) is 10.9 Å². The lowest BCUT2D eigenvalue weighted by Crippen LogP contribution is -2.61. The molecule has 0 spiro atoms. The van der Waals surface area contributed by atoms with Crippen LogP contribution < -0.4 is 0 Å². The van der Waals surface area contributed by atoms with E-state index in [0.717, 1.165) is 44.4 Å². The summed E-state index contributed by atoms with van der Waals surface area (Å²) in [5, 5.41) is 1.22. The average molecular weight is 365 g/mol. The predicted molar refractivity (Wildman–Crippen MR) is 104 cm³/mol. The lowest BCUT2D eigenvalue weighted by Gasteiger charge is -2.52. The minimum absolute atomic E-state index is 0.269. The minimum Gasteiger partial charge on any atom is -0.361 e. The summed E-state index contributed by atoms with van der Waals surface area (Å²) in [6.45, 7) is 2.50. The number of hydrogen-bond donors (Lipinski definition) is 1. The third kappa shape index (κ3) is 3.03. The summed E-state index contributed by atoms with van der Waals surface area (Å²) in [6, 6.07) is 8.63. The molecule has 3 fully saturated rings. The molecule has 2 bridgehead atoms. The molecule has 3 atom stereocenters. The number of hydrogen-bond acceptors (Lipinski definition) is 2. The van der Waals surface area contributed by atoms with Crippen LogP contribution in [0.5, 0.6) is 0 Å². The molecule has 3 aliphatic rings. The van der Waals surface area contributed by atoms with Crippen molar-refractivity contribution < 1.29 is 9.59 Å². The molecule has 5 heteroatoms.